The fourth-order valence-electron chi connectivity index (χ4n) is 1.75. The van der Waals surface area contributed by atoms with Gasteiger partial charge in [0.1, 0.15) is 10.8 Å². The molecule has 2 aromatic rings. The molecule has 118 valence electrons. The predicted octanol–water partition coefficient (Wildman–Crippen LogP) is 3.88. The Morgan fingerprint density at radius 3 is 2.50 bits per heavy atom. The highest BCUT2D eigenvalue weighted by Gasteiger charge is 2.21. The smallest absolute Gasteiger partial charge is 0.261 e. The zero-order chi connectivity index (χ0) is 16.3. The number of nitrogens with zero attached hydrogens (tertiary/aromatic N) is 2. The van der Waals surface area contributed by atoms with Gasteiger partial charge < -0.3 is 4.74 Å². The maximum absolute atomic E-state index is 12.4. The second-order valence-corrected chi connectivity index (χ2v) is 7.26. The number of aromatic nitrogens is 2. The van der Waals surface area contributed by atoms with Crippen molar-refractivity contribution >= 4 is 22.4 Å². The fourth-order valence-corrected chi connectivity index (χ4v) is 2.55. The van der Waals surface area contributed by atoms with Gasteiger partial charge in [0.25, 0.3) is 5.91 Å². The zero-order valence-corrected chi connectivity index (χ0v) is 14.3. The van der Waals surface area contributed by atoms with E-state index in [2.05, 4.69) is 36.3 Å². The third-order valence-electron chi connectivity index (χ3n) is 2.78. The summed E-state index contributed by atoms with van der Waals surface area (Å²) in [6.07, 6.45) is 0.00275. The highest BCUT2D eigenvalue weighted by atomic mass is 32.1. The van der Waals surface area contributed by atoms with E-state index in [4.69, 9.17) is 4.74 Å². The highest BCUT2D eigenvalue weighted by Crippen LogP contribution is 2.28. The van der Waals surface area contributed by atoms with Crippen LogP contribution >= 0.6 is 11.3 Å². The van der Waals surface area contributed by atoms with Gasteiger partial charge >= 0.3 is 0 Å². The molecular formula is C16H21N3O2S. The van der Waals surface area contributed by atoms with Crippen LogP contribution in [0.1, 0.15) is 50.0 Å². The van der Waals surface area contributed by atoms with Crippen LogP contribution in [0.2, 0.25) is 0 Å². The minimum absolute atomic E-state index is 0.00275. The van der Waals surface area contributed by atoms with Gasteiger partial charge in [-0.15, -0.1) is 10.2 Å². The van der Waals surface area contributed by atoms with Gasteiger partial charge in [0, 0.05) is 5.41 Å². The van der Waals surface area contributed by atoms with E-state index in [1.165, 1.54) is 11.3 Å². The number of carbonyl (C=O) groups is 1. The third-order valence-corrected chi connectivity index (χ3v) is 4.05. The van der Waals surface area contributed by atoms with Crippen LogP contribution < -0.4 is 10.1 Å². The molecule has 2 rings (SSSR count). The Balaban J connectivity index is 2.18. The van der Waals surface area contributed by atoms with E-state index in [0.717, 1.165) is 5.01 Å². The summed E-state index contributed by atoms with van der Waals surface area (Å²) < 4.78 is 5.67. The topological polar surface area (TPSA) is 64.1 Å². The van der Waals surface area contributed by atoms with E-state index in [9.17, 15) is 4.79 Å². The van der Waals surface area contributed by atoms with Crippen molar-refractivity contribution in [3.8, 4) is 5.75 Å². The maximum Gasteiger partial charge on any atom is 0.261 e. The molecule has 1 amide bonds. The lowest BCUT2D eigenvalue weighted by Crippen LogP contribution is -2.15. The molecule has 6 heteroatoms. The lowest BCUT2D eigenvalue weighted by atomic mass is 9.98. The Morgan fingerprint density at radius 2 is 1.91 bits per heavy atom. The molecule has 1 N–H and O–H groups in total. The van der Waals surface area contributed by atoms with E-state index in [-0.39, 0.29) is 17.4 Å². The number of rotatable bonds is 4. The fraction of sp³-hybridized carbons (Fsp3) is 0.438. The first-order chi connectivity index (χ1) is 10.3. The lowest BCUT2D eigenvalue weighted by molar-refractivity contribution is 0.102. The first kappa shape index (κ1) is 16.4. The standard InChI is InChI=1S/C16H21N3O2S/c1-10(2)21-12-9-7-6-8-11(12)13(20)17-15-19-18-14(22-15)16(3,4)5/h6-10H,1-5H3,(H,17,19,20). The van der Waals surface area contributed by atoms with Gasteiger partial charge in [0.15, 0.2) is 0 Å². The molecule has 1 heterocycles. The Morgan fingerprint density at radius 1 is 1.23 bits per heavy atom. The number of nitrogens with one attached hydrogen (secondary N) is 1. The molecule has 0 saturated heterocycles. The molecule has 0 bridgehead atoms. The highest BCUT2D eigenvalue weighted by molar-refractivity contribution is 7.15. The second-order valence-electron chi connectivity index (χ2n) is 6.28. The summed E-state index contributed by atoms with van der Waals surface area (Å²) in [5.74, 6) is 0.323. The van der Waals surface area contributed by atoms with Crippen molar-refractivity contribution in [3.63, 3.8) is 0 Å². The van der Waals surface area contributed by atoms with Gasteiger partial charge in [-0.2, -0.15) is 0 Å². The van der Waals surface area contributed by atoms with Crippen LogP contribution in [0, 0.1) is 0 Å². The van der Waals surface area contributed by atoms with Gasteiger partial charge in [-0.25, -0.2) is 0 Å². The number of ether oxygens (including phenoxy) is 1. The summed E-state index contributed by atoms with van der Waals surface area (Å²) in [6, 6.07) is 7.17. The van der Waals surface area contributed by atoms with Crippen molar-refractivity contribution in [2.45, 2.75) is 46.1 Å². The molecule has 0 fully saturated rings. The third kappa shape index (κ3) is 4.04. The van der Waals surface area contributed by atoms with Crippen LogP contribution in [-0.2, 0) is 5.41 Å². The zero-order valence-electron chi connectivity index (χ0n) is 13.5. The average Bonchev–Trinajstić information content (AvgIpc) is 2.87. The molecular weight excluding hydrogens is 298 g/mol. The number of amides is 1. The van der Waals surface area contributed by atoms with Gasteiger partial charge in [0.05, 0.1) is 11.7 Å². The van der Waals surface area contributed by atoms with Crippen LogP contribution in [0.4, 0.5) is 5.13 Å². The molecule has 0 aliphatic rings. The molecule has 0 atom stereocenters. The van der Waals surface area contributed by atoms with E-state index < -0.39 is 0 Å². The van der Waals surface area contributed by atoms with Crippen molar-refractivity contribution < 1.29 is 9.53 Å². The van der Waals surface area contributed by atoms with E-state index in [1.54, 1.807) is 12.1 Å². The number of hydrogen-bond donors (Lipinski definition) is 1. The molecule has 22 heavy (non-hydrogen) atoms. The van der Waals surface area contributed by atoms with Gasteiger partial charge in [-0.3, -0.25) is 10.1 Å². The van der Waals surface area contributed by atoms with Crippen molar-refractivity contribution in [2.24, 2.45) is 0 Å². The molecule has 0 spiro atoms. The van der Waals surface area contributed by atoms with Crippen LogP contribution in [0.15, 0.2) is 24.3 Å². The van der Waals surface area contributed by atoms with Gasteiger partial charge in [-0.05, 0) is 26.0 Å². The Hall–Kier alpha value is -1.95. The normalized spacial score (nSPS) is 11.5. The van der Waals surface area contributed by atoms with Crippen molar-refractivity contribution in [3.05, 3.63) is 34.8 Å². The van der Waals surface area contributed by atoms with Crippen LogP contribution in [0.5, 0.6) is 5.75 Å². The number of para-hydroxylation sites is 1. The molecule has 1 aromatic heterocycles. The van der Waals surface area contributed by atoms with Crippen molar-refractivity contribution in [1.82, 2.24) is 10.2 Å². The first-order valence-corrected chi connectivity index (χ1v) is 8.00. The molecule has 0 aliphatic heterocycles. The number of anilines is 1. The average molecular weight is 319 g/mol. The monoisotopic (exact) mass is 319 g/mol. The maximum atomic E-state index is 12.4. The molecule has 0 saturated carbocycles. The molecule has 0 radical (unpaired) electrons. The molecule has 5 nitrogen and oxygen atoms in total. The number of hydrogen-bond acceptors (Lipinski definition) is 5. The van der Waals surface area contributed by atoms with E-state index in [1.807, 2.05) is 26.0 Å². The summed E-state index contributed by atoms with van der Waals surface area (Å²) >= 11 is 1.39. The van der Waals surface area contributed by atoms with Crippen molar-refractivity contribution in [2.75, 3.05) is 5.32 Å². The molecule has 1 aromatic carbocycles. The van der Waals surface area contributed by atoms with Crippen LogP contribution in [-0.4, -0.2) is 22.2 Å². The van der Waals surface area contributed by atoms with E-state index in [0.29, 0.717) is 16.4 Å². The largest absolute Gasteiger partial charge is 0.490 e. The SMILES string of the molecule is CC(C)Oc1ccccc1C(=O)Nc1nnc(C(C)(C)C)s1. The van der Waals surface area contributed by atoms with E-state index >= 15 is 0 Å². The van der Waals surface area contributed by atoms with Crippen LogP contribution in [0.25, 0.3) is 0 Å². The Bertz CT molecular complexity index is 659. The summed E-state index contributed by atoms with van der Waals surface area (Å²) in [5.41, 5.74) is 0.406. The van der Waals surface area contributed by atoms with Crippen molar-refractivity contribution in [1.29, 1.82) is 0 Å². The minimum atomic E-state index is -0.243. The van der Waals surface area contributed by atoms with Gasteiger partial charge in [0.2, 0.25) is 5.13 Å². The number of carbonyl (C=O) groups excluding carboxylic acids is 1. The summed E-state index contributed by atoms with van der Waals surface area (Å²) in [5, 5.41) is 12.3. The first-order valence-electron chi connectivity index (χ1n) is 7.18. The minimum Gasteiger partial charge on any atom is -0.490 e. The predicted molar refractivity (Wildman–Crippen MR) is 88.8 cm³/mol. The number of benzene rings is 1. The summed E-state index contributed by atoms with van der Waals surface area (Å²) in [6.45, 7) is 10.0. The molecule has 0 aliphatic carbocycles. The summed E-state index contributed by atoms with van der Waals surface area (Å²) in [7, 11) is 0. The Kier molecular flexibility index (Phi) is 4.81. The van der Waals surface area contributed by atoms with Crippen LogP contribution in [0.3, 0.4) is 0 Å². The van der Waals surface area contributed by atoms with Gasteiger partial charge in [-0.1, -0.05) is 44.2 Å². The second kappa shape index (κ2) is 6.44. The Labute approximate surface area is 134 Å². The summed E-state index contributed by atoms with van der Waals surface area (Å²) in [4.78, 5) is 12.4. The molecule has 0 unspecified atom stereocenters. The quantitative estimate of drug-likeness (QED) is 0.929. The lowest BCUT2D eigenvalue weighted by Gasteiger charge is -2.13.